The SMILES string of the molecule is Cc1ccc(-c2ccc([C@@H]3[C@H](c4ccccn4)NC(=S)N3CCO)o2)c(Br)c1. The largest absolute Gasteiger partial charge is 0.459 e. The molecule has 2 N–H and O–H groups in total. The first-order valence-electron chi connectivity index (χ1n) is 9.03. The molecule has 1 aromatic carbocycles. The summed E-state index contributed by atoms with van der Waals surface area (Å²) in [7, 11) is 0. The number of nitrogens with zero attached hydrogens (tertiary/aromatic N) is 2. The fraction of sp³-hybridized carbons (Fsp3) is 0.238. The van der Waals surface area contributed by atoms with Gasteiger partial charge in [-0.1, -0.05) is 28.1 Å². The number of aromatic nitrogens is 1. The van der Waals surface area contributed by atoms with Crippen molar-refractivity contribution < 1.29 is 9.52 Å². The topological polar surface area (TPSA) is 61.5 Å². The lowest BCUT2D eigenvalue weighted by Crippen LogP contribution is -2.32. The summed E-state index contributed by atoms with van der Waals surface area (Å²) in [6.45, 7) is 2.48. The van der Waals surface area contributed by atoms with E-state index in [1.54, 1.807) is 6.20 Å². The molecule has 144 valence electrons. The summed E-state index contributed by atoms with van der Waals surface area (Å²) in [6, 6.07) is 15.6. The van der Waals surface area contributed by atoms with Gasteiger partial charge < -0.3 is 19.7 Å². The predicted octanol–water partition coefficient (Wildman–Crippen LogP) is 4.38. The molecule has 0 unspecified atom stereocenters. The summed E-state index contributed by atoms with van der Waals surface area (Å²) in [5.41, 5.74) is 3.05. The number of pyridine rings is 1. The third kappa shape index (κ3) is 3.57. The number of thiocarbonyl (C=S) groups is 1. The first kappa shape index (κ1) is 19.1. The number of hydrogen-bond donors (Lipinski definition) is 2. The van der Waals surface area contributed by atoms with Crippen LogP contribution < -0.4 is 5.32 Å². The molecule has 0 amide bonds. The van der Waals surface area contributed by atoms with Crippen LogP contribution in [0.4, 0.5) is 0 Å². The van der Waals surface area contributed by atoms with Crippen LogP contribution in [0.25, 0.3) is 11.3 Å². The minimum Gasteiger partial charge on any atom is -0.459 e. The maximum atomic E-state index is 9.53. The van der Waals surface area contributed by atoms with Crippen molar-refractivity contribution in [2.24, 2.45) is 0 Å². The van der Waals surface area contributed by atoms with Crippen molar-refractivity contribution in [2.75, 3.05) is 13.2 Å². The van der Waals surface area contributed by atoms with Gasteiger partial charge in [0.2, 0.25) is 0 Å². The van der Waals surface area contributed by atoms with Gasteiger partial charge in [0.15, 0.2) is 5.11 Å². The molecule has 1 saturated heterocycles. The number of rotatable bonds is 5. The van der Waals surface area contributed by atoms with E-state index < -0.39 is 0 Å². The molecule has 1 aliphatic rings. The summed E-state index contributed by atoms with van der Waals surface area (Å²) in [6.07, 6.45) is 1.77. The van der Waals surface area contributed by atoms with Crippen LogP contribution in [0, 0.1) is 6.92 Å². The van der Waals surface area contributed by atoms with Crippen LogP contribution in [0.3, 0.4) is 0 Å². The number of furan rings is 1. The number of aliphatic hydroxyl groups excluding tert-OH is 1. The predicted molar refractivity (Wildman–Crippen MR) is 116 cm³/mol. The Kier molecular flexibility index (Phi) is 5.48. The van der Waals surface area contributed by atoms with Gasteiger partial charge in [-0.3, -0.25) is 4.98 Å². The molecule has 0 radical (unpaired) electrons. The number of benzene rings is 1. The van der Waals surface area contributed by atoms with Gasteiger partial charge in [0.25, 0.3) is 0 Å². The number of halogens is 1. The Morgan fingerprint density at radius 2 is 2.11 bits per heavy atom. The molecule has 0 bridgehead atoms. The Labute approximate surface area is 177 Å². The van der Waals surface area contributed by atoms with E-state index in [2.05, 4.69) is 45.3 Å². The molecule has 3 aromatic rings. The lowest BCUT2D eigenvalue weighted by Gasteiger charge is -2.25. The van der Waals surface area contributed by atoms with Gasteiger partial charge in [0.1, 0.15) is 17.6 Å². The second-order valence-electron chi connectivity index (χ2n) is 6.73. The van der Waals surface area contributed by atoms with E-state index in [0.717, 1.165) is 27.3 Å². The molecular weight excluding hydrogens is 438 g/mol. The quantitative estimate of drug-likeness (QED) is 0.554. The first-order valence-corrected chi connectivity index (χ1v) is 10.2. The highest BCUT2D eigenvalue weighted by Gasteiger charge is 2.41. The normalized spacial score (nSPS) is 19.1. The molecule has 3 heterocycles. The van der Waals surface area contributed by atoms with E-state index in [4.69, 9.17) is 16.6 Å². The Bertz CT molecular complexity index is 992. The fourth-order valence-corrected chi connectivity index (χ4v) is 4.56. The zero-order valence-corrected chi connectivity index (χ0v) is 17.7. The van der Waals surface area contributed by atoms with Crippen LogP contribution in [0.2, 0.25) is 0 Å². The fourth-order valence-electron chi connectivity index (χ4n) is 3.54. The number of nitrogens with one attached hydrogen (secondary N) is 1. The smallest absolute Gasteiger partial charge is 0.170 e. The summed E-state index contributed by atoms with van der Waals surface area (Å²) < 4.78 is 7.26. The highest BCUT2D eigenvalue weighted by molar-refractivity contribution is 9.10. The van der Waals surface area contributed by atoms with E-state index in [1.165, 1.54) is 5.56 Å². The average molecular weight is 458 g/mol. The first-order chi connectivity index (χ1) is 13.6. The van der Waals surface area contributed by atoms with Crippen LogP contribution in [0.1, 0.15) is 29.1 Å². The Morgan fingerprint density at radius 3 is 2.82 bits per heavy atom. The monoisotopic (exact) mass is 457 g/mol. The third-order valence-electron chi connectivity index (χ3n) is 4.85. The number of aryl methyl sites for hydroxylation is 1. The lowest BCUT2D eigenvalue weighted by molar-refractivity contribution is 0.209. The van der Waals surface area contributed by atoms with Gasteiger partial charge in [-0.2, -0.15) is 0 Å². The molecule has 0 saturated carbocycles. The Morgan fingerprint density at radius 1 is 1.25 bits per heavy atom. The van der Waals surface area contributed by atoms with Crippen LogP contribution in [0.5, 0.6) is 0 Å². The summed E-state index contributed by atoms with van der Waals surface area (Å²) in [4.78, 5) is 6.45. The van der Waals surface area contributed by atoms with Crippen molar-refractivity contribution in [3.8, 4) is 11.3 Å². The van der Waals surface area contributed by atoms with E-state index in [0.29, 0.717) is 11.7 Å². The molecule has 7 heteroatoms. The maximum Gasteiger partial charge on any atom is 0.170 e. The van der Waals surface area contributed by atoms with Crippen molar-refractivity contribution >= 4 is 33.3 Å². The highest BCUT2D eigenvalue weighted by Crippen LogP contribution is 2.41. The second-order valence-corrected chi connectivity index (χ2v) is 7.97. The van der Waals surface area contributed by atoms with Crippen molar-refractivity contribution in [2.45, 2.75) is 19.0 Å². The van der Waals surface area contributed by atoms with Gasteiger partial charge in [-0.25, -0.2) is 0 Å². The molecule has 4 rings (SSSR count). The highest BCUT2D eigenvalue weighted by atomic mass is 79.9. The molecule has 0 spiro atoms. The van der Waals surface area contributed by atoms with Gasteiger partial charge in [-0.05, 0) is 61.1 Å². The minimum atomic E-state index is -0.187. The van der Waals surface area contributed by atoms with E-state index in [1.807, 2.05) is 41.3 Å². The Hall–Kier alpha value is -2.22. The van der Waals surface area contributed by atoms with Crippen molar-refractivity contribution in [3.63, 3.8) is 0 Å². The molecule has 1 fully saturated rings. The maximum absolute atomic E-state index is 9.53. The lowest BCUT2D eigenvalue weighted by atomic mass is 10.0. The van der Waals surface area contributed by atoms with Crippen LogP contribution in [0.15, 0.2) is 63.6 Å². The number of β-amino-alcohol motifs (C(OH)–C–C–N with tert-alkyl or cyclic N) is 1. The van der Waals surface area contributed by atoms with E-state index in [-0.39, 0.29) is 18.7 Å². The standard InChI is InChI=1S/C21H20BrN3O2S/c1-13-5-6-14(15(22)12-13)17-7-8-18(27-17)20-19(16-4-2-3-9-23-16)24-21(28)25(20)10-11-26/h2-9,12,19-20,26H,10-11H2,1H3,(H,24,28)/t19-,20+/m0/s1. The second kappa shape index (κ2) is 8.03. The van der Waals surface area contributed by atoms with E-state index in [9.17, 15) is 5.11 Å². The molecule has 2 atom stereocenters. The molecule has 1 aliphatic heterocycles. The van der Waals surface area contributed by atoms with Crippen LogP contribution in [-0.2, 0) is 0 Å². The van der Waals surface area contributed by atoms with Crippen molar-refractivity contribution in [3.05, 3.63) is 76.2 Å². The molecular formula is C21H20BrN3O2S. The third-order valence-corrected chi connectivity index (χ3v) is 5.86. The zero-order valence-electron chi connectivity index (χ0n) is 15.3. The minimum absolute atomic E-state index is 0.00430. The van der Waals surface area contributed by atoms with Crippen LogP contribution in [-0.4, -0.2) is 33.3 Å². The molecule has 0 aliphatic carbocycles. The van der Waals surface area contributed by atoms with Crippen molar-refractivity contribution in [1.29, 1.82) is 0 Å². The summed E-state index contributed by atoms with van der Waals surface area (Å²) in [5, 5.41) is 13.5. The summed E-state index contributed by atoms with van der Waals surface area (Å²) >= 11 is 9.15. The average Bonchev–Trinajstić information content (AvgIpc) is 3.28. The summed E-state index contributed by atoms with van der Waals surface area (Å²) in [5.74, 6) is 1.56. The van der Waals surface area contributed by atoms with Crippen LogP contribution >= 0.6 is 28.1 Å². The zero-order chi connectivity index (χ0) is 19.7. The number of aliphatic hydroxyl groups is 1. The van der Waals surface area contributed by atoms with Gasteiger partial charge in [0, 0.05) is 22.8 Å². The van der Waals surface area contributed by atoms with E-state index >= 15 is 0 Å². The Balaban J connectivity index is 1.73. The van der Waals surface area contributed by atoms with Gasteiger partial charge in [-0.15, -0.1) is 0 Å². The molecule has 28 heavy (non-hydrogen) atoms. The molecule has 5 nitrogen and oxygen atoms in total. The molecule has 2 aromatic heterocycles. The van der Waals surface area contributed by atoms with Crippen molar-refractivity contribution in [1.82, 2.24) is 15.2 Å². The van der Waals surface area contributed by atoms with Gasteiger partial charge >= 0.3 is 0 Å². The van der Waals surface area contributed by atoms with Gasteiger partial charge in [0.05, 0.1) is 18.3 Å². The number of hydrogen-bond acceptors (Lipinski definition) is 4.